The second-order valence-electron chi connectivity index (χ2n) is 7.99. The van der Waals surface area contributed by atoms with Crippen molar-refractivity contribution in [1.82, 2.24) is 0 Å². The molecule has 4 rings (SSSR count). The van der Waals surface area contributed by atoms with Gasteiger partial charge in [0.15, 0.2) is 0 Å². The van der Waals surface area contributed by atoms with Crippen molar-refractivity contribution in [3.05, 3.63) is 94.6 Å². The number of aryl methyl sites for hydroxylation is 2. The Hall–Kier alpha value is -4.06. The fourth-order valence-corrected chi connectivity index (χ4v) is 4.28. The number of Topliss-reactive ketones (excluding diaryl/α,β-unsaturated/α-hetero) is 1. The Morgan fingerprint density at radius 2 is 1.55 bits per heavy atom. The molecule has 0 spiro atoms. The lowest BCUT2D eigenvalue weighted by Gasteiger charge is -2.26. The maximum atomic E-state index is 13.3. The van der Waals surface area contributed by atoms with E-state index in [9.17, 15) is 14.7 Å². The molecule has 6 nitrogen and oxygen atoms in total. The van der Waals surface area contributed by atoms with Crippen LogP contribution in [0.4, 0.5) is 5.69 Å². The molecule has 1 aliphatic rings. The van der Waals surface area contributed by atoms with Gasteiger partial charge in [-0.2, -0.15) is 0 Å². The summed E-state index contributed by atoms with van der Waals surface area (Å²) in [6.07, 6.45) is 0. The van der Waals surface area contributed by atoms with Crippen molar-refractivity contribution < 1.29 is 24.2 Å². The number of rotatable bonds is 5. The Balaban J connectivity index is 1.97. The summed E-state index contributed by atoms with van der Waals surface area (Å²) in [6.45, 7) is 3.87. The number of methoxy groups -OCH3 is 2. The number of ketones is 1. The van der Waals surface area contributed by atoms with E-state index in [2.05, 4.69) is 0 Å². The molecule has 1 fully saturated rings. The first-order valence-corrected chi connectivity index (χ1v) is 10.5. The molecule has 1 heterocycles. The van der Waals surface area contributed by atoms with Gasteiger partial charge in [-0.05, 0) is 54.8 Å². The van der Waals surface area contributed by atoms with Crippen LogP contribution in [-0.4, -0.2) is 31.0 Å². The largest absolute Gasteiger partial charge is 0.507 e. The molecule has 1 aliphatic heterocycles. The molecule has 0 saturated carbocycles. The maximum Gasteiger partial charge on any atom is 0.300 e. The number of carbonyl (C=O) groups is 2. The summed E-state index contributed by atoms with van der Waals surface area (Å²) in [5.74, 6) is -0.871. The quantitative estimate of drug-likeness (QED) is 0.343. The van der Waals surface area contributed by atoms with Crippen LogP contribution in [0.2, 0.25) is 0 Å². The number of aliphatic hydroxyl groups excluding tert-OH is 1. The summed E-state index contributed by atoms with van der Waals surface area (Å²) in [5.41, 5.74) is 3.56. The van der Waals surface area contributed by atoms with Crippen LogP contribution >= 0.6 is 0 Å². The number of carbonyl (C=O) groups excluding carboxylic acids is 2. The molecule has 6 heteroatoms. The zero-order valence-corrected chi connectivity index (χ0v) is 19.0. The summed E-state index contributed by atoms with van der Waals surface area (Å²) in [4.78, 5) is 28.1. The van der Waals surface area contributed by atoms with Crippen molar-refractivity contribution in [2.75, 3.05) is 19.1 Å². The SMILES string of the molecule is COc1ccc(/C(O)=C2/C(=O)C(=O)N(c3cc(C)cc(C)c3)C2c2ccccc2)c(OC)c1. The van der Waals surface area contributed by atoms with Gasteiger partial charge in [0.1, 0.15) is 17.3 Å². The average Bonchev–Trinajstić information content (AvgIpc) is 3.08. The van der Waals surface area contributed by atoms with Crippen LogP contribution in [0.15, 0.2) is 72.3 Å². The van der Waals surface area contributed by atoms with Crippen LogP contribution in [0.3, 0.4) is 0 Å². The van der Waals surface area contributed by atoms with Gasteiger partial charge >= 0.3 is 0 Å². The predicted molar refractivity (Wildman–Crippen MR) is 127 cm³/mol. The molecular formula is C27H25NO5. The summed E-state index contributed by atoms with van der Waals surface area (Å²) < 4.78 is 10.7. The van der Waals surface area contributed by atoms with Crippen LogP contribution in [0, 0.1) is 13.8 Å². The van der Waals surface area contributed by atoms with E-state index >= 15 is 0 Å². The van der Waals surface area contributed by atoms with Crippen molar-refractivity contribution in [2.24, 2.45) is 0 Å². The molecule has 1 saturated heterocycles. The minimum atomic E-state index is -0.792. The lowest BCUT2D eigenvalue weighted by atomic mass is 9.94. The minimum Gasteiger partial charge on any atom is -0.507 e. The van der Waals surface area contributed by atoms with Gasteiger partial charge in [-0.3, -0.25) is 14.5 Å². The molecule has 3 aromatic carbocycles. The maximum absolute atomic E-state index is 13.3. The number of anilines is 1. The number of amides is 1. The first-order chi connectivity index (χ1) is 15.8. The van der Waals surface area contributed by atoms with Crippen molar-refractivity contribution in [3.63, 3.8) is 0 Å². The average molecular weight is 443 g/mol. The standard InChI is InChI=1S/C27H25NO5/c1-16-12-17(2)14-19(13-16)28-24(18-8-6-5-7-9-18)23(26(30)27(28)31)25(29)21-11-10-20(32-3)15-22(21)33-4/h5-15,24,29H,1-4H3/b25-23-. The van der Waals surface area contributed by atoms with E-state index in [1.54, 1.807) is 18.2 Å². The topological polar surface area (TPSA) is 76.1 Å². The molecule has 1 N–H and O–H groups in total. The Morgan fingerprint density at radius 3 is 2.15 bits per heavy atom. The normalized spacial score (nSPS) is 17.3. The highest BCUT2D eigenvalue weighted by atomic mass is 16.5. The molecule has 3 aromatic rings. The van der Waals surface area contributed by atoms with Gasteiger partial charge in [-0.1, -0.05) is 36.4 Å². The zero-order chi connectivity index (χ0) is 23.7. The summed E-state index contributed by atoms with van der Waals surface area (Å²) >= 11 is 0. The van der Waals surface area contributed by atoms with Gasteiger partial charge in [0, 0.05) is 11.8 Å². The summed E-state index contributed by atoms with van der Waals surface area (Å²) in [6, 6.07) is 19.0. The monoisotopic (exact) mass is 443 g/mol. The van der Waals surface area contributed by atoms with Crippen molar-refractivity contribution in [3.8, 4) is 11.5 Å². The smallest absolute Gasteiger partial charge is 0.300 e. The number of hydrogen-bond donors (Lipinski definition) is 1. The number of ether oxygens (including phenoxy) is 2. The number of hydrogen-bond acceptors (Lipinski definition) is 5. The van der Waals surface area contributed by atoms with E-state index in [1.807, 2.05) is 62.4 Å². The molecule has 1 atom stereocenters. The third kappa shape index (κ3) is 3.96. The van der Waals surface area contributed by atoms with Crippen molar-refractivity contribution in [2.45, 2.75) is 19.9 Å². The van der Waals surface area contributed by atoms with E-state index in [-0.39, 0.29) is 11.3 Å². The zero-order valence-electron chi connectivity index (χ0n) is 19.0. The fourth-order valence-electron chi connectivity index (χ4n) is 4.28. The molecule has 0 radical (unpaired) electrons. The molecule has 0 bridgehead atoms. The highest BCUT2D eigenvalue weighted by molar-refractivity contribution is 6.51. The molecular weight excluding hydrogens is 418 g/mol. The van der Waals surface area contributed by atoms with Crippen LogP contribution in [0.1, 0.15) is 28.3 Å². The number of benzene rings is 3. The molecule has 1 unspecified atom stereocenters. The third-order valence-electron chi connectivity index (χ3n) is 5.71. The number of nitrogens with zero attached hydrogens (tertiary/aromatic N) is 1. The van der Waals surface area contributed by atoms with Gasteiger partial charge in [0.05, 0.1) is 31.4 Å². The van der Waals surface area contributed by atoms with Crippen LogP contribution in [0.25, 0.3) is 5.76 Å². The summed E-state index contributed by atoms with van der Waals surface area (Å²) in [5, 5.41) is 11.3. The van der Waals surface area contributed by atoms with E-state index in [4.69, 9.17) is 9.47 Å². The summed E-state index contributed by atoms with van der Waals surface area (Å²) in [7, 11) is 2.99. The highest BCUT2D eigenvalue weighted by Crippen LogP contribution is 2.43. The number of aliphatic hydroxyl groups is 1. The van der Waals surface area contributed by atoms with Crippen molar-refractivity contribution in [1.29, 1.82) is 0 Å². The first kappa shape index (κ1) is 22.1. The Labute approximate surface area is 192 Å². The molecule has 0 aliphatic carbocycles. The minimum absolute atomic E-state index is 0.00817. The van der Waals surface area contributed by atoms with Gasteiger partial charge in [0.2, 0.25) is 0 Å². The Kier molecular flexibility index (Phi) is 5.92. The second kappa shape index (κ2) is 8.82. The lowest BCUT2D eigenvalue weighted by Crippen LogP contribution is -2.29. The third-order valence-corrected chi connectivity index (χ3v) is 5.71. The predicted octanol–water partition coefficient (Wildman–Crippen LogP) is 4.95. The lowest BCUT2D eigenvalue weighted by molar-refractivity contribution is -0.132. The van der Waals surface area contributed by atoms with Crippen LogP contribution in [0.5, 0.6) is 11.5 Å². The molecule has 0 aromatic heterocycles. The second-order valence-corrected chi connectivity index (χ2v) is 7.99. The van der Waals surface area contributed by atoms with Gasteiger partial charge < -0.3 is 14.6 Å². The highest BCUT2D eigenvalue weighted by Gasteiger charge is 2.47. The van der Waals surface area contributed by atoms with Crippen molar-refractivity contribution >= 4 is 23.1 Å². The van der Waals surface area contributed by atoms with Gasteiger partial charge in [-0.25, -0.2) is 0 Å². The molecule has 1 amide bonds. The van der Waals surface area contributed by atoms with E-state index < -0.39 is 17.7 Å². The molecule has 168 valence electrons. The van der Waals surface area contributed by atoms with E-state index in [1.165, 1.54) is 19.1 Å². The molecule has 33 heavy (non-hydrogen) atoms. The van der Waals surface area contributed by atoms with E-state index in [0.29, 0.717) is 28.3 Å². The van der Waals surface area contributed by atoms with Crippen LogP contribution in [-0.2, 0) is 9.59 Å². The van der Waals surface area contributed by atoms with Gasteiger partial charge in [-0.15, -0.1) is 0 Å². The first-order valence-electron chi connectivity index (χ1n) is 10.5. The van der Waals surface area contributed by atoms with E-state index in [0.717, 1.165) is 11.1 Å². The fraction of sp³-hybridized carbons (Fsp3) is 0.185. The van der Waals surface area contributed by atoms with Gasteiger partial charge in [0.25, 0.3) is 11.7 Å². The Morgan fingerprint density at radius 1 is 0.879 bits per heavy atom. The van der Waals surface area contributed by atoms with Crippen LogP contribution < -0.4 is 14.4 Å². The Bertz CT molecular complexity index is 1240.